The molecule has 0 spiro atoms. The van der Waals surface area contributed by atoms with Crippen LogP contribution in [0.3, 0.4) is 0 Å². The van der Waals surface area contributed by atoms with Crippen LogP contribution >= 0.6 is 11.8 Å². The molecule has 7 nitrogen and oxygen atoms in total. The number of hydrogen-bond acceptors (Lipinski definition) is 6. The highest BCUT2D eigenvalue weighted by Gasteiger charge is 2.33. The van der Waals surface area contributed by atoms with Crippen LogP contribution in [0.4, 0.5) is 22.0 Å². The molecule has 5 aromatic carbocycles. The van der Waals surface area contributed by atoms with Crippen molar-refractivity contribution in [1.29, 1.82) is 0 Å². The quantitative estimate of drug-likeness (QED) is 0.0541. The van der Waals surface area contributed by atoms with Crippen molar-refractivity contribution in [3.63, 3.8) is 0 Å². The smallest absolute Gasteiger partial charge is 0.335 e. The first-order chi connectivity index (χ1) is 25.0. The molecule has 1 aliphatic rings. The third-order valence-electron chi connectivity index (χ3n) is 8.54. The molecule has 3 atom stereocenters. The summed E-state index contributed by atoms with van der Waals surface area (Å²) in [7, 11) is 0. The molecule has 1 heterocycles. The summed E-state index contributed by atoms with van der Waals surface area (Å²) in [6.45, 7) is -0.370. The van der Waals surface area contributed by atoms with Gasteiger partial charge < -0.3 is 25.0 Å². The van der Waals surface area contributed by atoms with E-state index in [0.717, 1.165) is 16.0 Å². The minimum Gasteiger partial charge on any atom is -0.478 e. The topological polar surface area (TPSA) is 105 Å². The third kappa shape index (κ3) is 8.02. The molecule has 0 unspecified atom stereocenters. The van der Waals surface area contributed by atoms with E-state index in [1.165, 1.54) is 11.8 Å². The average Bonchev–Trinajstić information content (AvgIpc) is 3.18. The summed E-state index contributed by atoms with van der Waals surface area (Å²) in [5.41, 5.74) is 2.85. The predicted molar refractivity (Wildman–Crippen MR) is 182 cm³/mol. The molecular formula is C39H30F5NO6S. The third-order valence-corrected chi connectivity index (χ3v) is 9.68. The van der Waals surface area contributed by atoms with Crippen molar-refractivity contribution < 1.29 is 51.2 Å². The highest BCUT2D eigenvalue weighted by Crippen LogP contribution is 2.40. The monoisotopic (exact) mass is 735 g/mol. The Bertz CT molecular complexity index is 2050. The van der Waals surface area contributed by atoms with E-state index < -0.39 is 52.8 Å². The number of halogens is 5. The van der Waals surface area contributed by atoms with Crippen molar-refractivity contribution in [3.05, 3.63) is 160 Å². The number of carboxylic acid groups (broad SMARTS) is 1. The zero-order valence-corrected chi connectivity index (χ0v) is 27.9. The zero-order valence-electron chi connectivity index (χ0n) is 27.1. The molecule has 0 saturated carbocycles. The maximum atomic E-state index is 14.2. The lowest BCUT2D eigenvalue weighted by Crippen LogP contribution is -2.31. The van der Waals surface area contributed by atoms with Gasteiger partial charge in [-0.25, -0.2) is 26.7 Å². The van der Waals surface area contributed by atoms with Gasteiger partial charge in [-0.1, -0.05) is 72.8 Å². The van der Waals surface area contributed by atoms with Crippen molar-refractivity contribution in [3.8, 4) is 11.1 Å². The van der Waals surface area contributed by atoms with Gasteiger partial charge in [0.2, 0.25) is 5.82 Å². The summed E-state index contributed by atoms with van der Waals surface area (Å²) in [6, 6.07) is 28.1. The Hall–Kier alpha value is -5.08. The van der Waals surface area contributed by atoms with E-state index in [2.05, 4.69) is 5.32 Å². The summed E-state index contributed by atoms with van der Waals surface area (Å²) < 4.78 is 82.1. The first-order valence-corrected chi connectivity index (χ1v) is 17.0. The van der Waals surface area contributed by atoms with Gasteiger partial charge in [0.05, 0.1) is 24.4 Å². The fourth-order valence-electron chi connectivity index (χ4n) is 5.75. The second kappa shape index (κ2) is 16.1. The molecular weight excluding hydrogens is 705 g/mol. The lowest BCUT2D eigenvalue weighted by Gasteiger charge is -2.36. The Morgan fingerprint density at radius 2 is 1.37 bits per heavy atom. The lowest BCUT2D eigenvalue weighted by molar-refractivity contribution is -0.245. The van der Waals surface area contributed by atoms with Gasteiger partial charge >= 0.3 is 5.97 Å². The number of carboxylic acids is 1. The van der Waals surface area contributed by atoms with E-state index in [1.807, 2.05) is 36.4 Å². The maximum absolute atomic E-state index is 14.2. The summed E-state index contributed by atoms with van der Waals surface area (Å²) in [5.74, 6) is -13.1. The first kappa shape index (κ1) is 36.7. The number of ether oxygens (including phenoxy) is 2. The molecule has 1 amide bonds. The van der Waals surface area contributed by atoms with Gasteiger partial charge in [0.15, 0.2) is 29.6 Å². The summed E-state index contributed by atoms with van der Waals surface area (Å²) in [4.78, 5) is 24.7. The number of amides is 1. The highest BCUT2D eigenvalue weighted by atomic mass is 32.2. The molecule has 0 bridgehead atoms. The molecule has 5 aromatic rings. The van der Waals surface area contributed by atoms with E-state index in [9.17, 15) is 41.8 Å². The molecule has 0 radical (unpaired) electrons. The van der Waals surface area contributed by atoms with Gasteiger partial charge in [-0.15, -0.1) is 11.8 Å². The number of nitrogens with one attached hydrogen (secondary N) is 1. The Morgan fingerprint density at radius 3 is 2.00 bits per heavy atom. The van der Waals surface area contributed by atoms with Crippen LogP contribution in [0.25, 0.3) is 11.1 Å². The zero-order chi connectivity index (χ0) is 36.9. The molecule has 0 aliphatic carbocycles. The van der Waals surface area contributed by atoms with Crippen LogP contribution in [0.2, 0.25) is 0 Å². The number of thioether (sulfide) groups is 1. The van der Waals surface area contributed by atoms with E-state index in [1.54, 1.807) is 60.7 Å². The van der Waals surface area contributed by atoms with Crippen LogP contribution in [0.15, 0.2) is 102 Å². The minimum atomic E-state index is -2.35. The molecule has 268 valence electrons. The van der Waals surface area contributed by atoms with Crippen molar-refractivity contribution in [2.24, 2.45) is 0 Å². The minimum absolute atomic E-state index is 0.0926. The molecule has 1 fully saturated rings. The number of aromatic carboxylic acids is 1. The van der Waals surface area contributed by atoms with Crippen LogP contribution < -0.4 is 5.32 Å². The van der Waals surface area contributed by atoms with Crippen molar-refractivity contribution in [2.75, 3.05) is 5.75 Å². The van der Waals surface area contributed by atoms with Crippen molar-refractivity contribution in [1.82, 2.24) is 5.32 Å². The predicted octanol–water partition coefficient (Wildman–Crippen LogP) is 8.51. The number of carbonyl (C=O) groups is 2. The van der Waals surface area contributed by atoms with Gasteiger partial charge in [0.25, 0.3) is 5.91 Å². The van der Waals surface area contributed by atoms with Crippen LogP contribution in [-0.2, 0) is 22.6 Å². The standard InChI is InChI=1S/C39H30F5NO6S/c40-32-31(33(41)35(43)36(44)34(32)42)37(47)45-18-26-3-1-2-4-29(26)22-9-11-25(12-10-22)39-50-27(20-52-28-15-13-24(14-16-28)38(48)49)17-30(51-39)23-7-5-21(19-46)6-8-23/h1-16,27,30,39,46H,17-20H2,(H,45,47)(H,48,49)/t27-,30+,39+/m1/s1. The summed E-state index contributed by atoms with van der Waals surface area (Å²) in [5, 5.41) is 21.0. The van der Waals surface area contributed by atoms with Gasteiger partial charge in [-0.3, -0.25) is 4.79 Å². The largest absolute Gasteiger partial charge is 0.478 e. The Balaban J connectivity index is 1.19. The Labute approximate surface area is 299 Å². The lowest BCUT2D eigenvalue weighted by atomic mass is 9.97. The van der Waals surface area contributed by atoms with Crippen LogP contribution in [0.1, 0.15) is 61.8 Å². The summed E-state index contributed by atoms with van der Waals surface area (Å²) >= 11 is 1.53. The molecule has 3 N–H and O–H groups in total. The molecule has 1 aliphatic heterocycles. The van der Waals surface area contributed by atoms with Crippen molar-refractivity contribution >= 4 is 23.6 Å². The number of aliphatic hydroxyl groups is 1. The molecule has 6 rings (SSSR count). The number of carbonyl (C=O) groups excluding carboxylic acids is 1. The Kier molecular flexibility index (Phi) is 11.3. The highest BCUT2D eigenvalue weighted by molar-refractivity contribution is 7.99. The normalized spacial score (nSPS) is 17.2. The number of benzene rings is 5. The van der Waals surface area contributed by atoms with Gasteiger partial charge in [0.1, 0.15) is 5.56 Å². The second-order valence-electron chi connectivity index (χ2n) is 11.9. The van der Waals surface area contributed by atoms with E-state index in [0.29, 0.717) is 34.4 Å². The fraction of sp³-hybridized carbons (Fsp3) is 0.179. The molecule has 52 heavy (non-hydrogen) atoms. The van der Waals surface area contributed by atoms with E-state index in [-0.39, 0.29) is 30.9 Å². The van der Waals surface area contributed by atoms with Crippen LogP contribution in [0.5, 0.6) is 0 Å². The number of aliphatic hydroxyl groups excluding tert-OH is 1. The molecule has 1 saturated heterocycles. The Morgan fingerprint density at radius 1 is 0.750 bits per heavy atom. The van der Waals surface area contributed by atoms with Crippen molar-refractivity contribution in [2.45, 2.75) is 43.0 Å². The summed E-state index contributed by atoms with van der Waals surface area (Å²) in [6.07, 6.45) is -0.821. The van der Waals surface area contributed by atoms with Crippen LogP contribution in [0, 0.1) is 29.1 Å². The molecule has 0 aromatic heterocycles. The second-order valence-corrected chi connectivity index (χ2v) is 13.0. The first-order valence-electron chi connectivity index (χ1n) is 16.0. The maximum Gasteiger partial charge on any atom is 0.335 e. The average molecular weight is 736 g/mol. The number of rotatable bonds is 11. The van der Waals surface area contributed by atoms with Crippen LogP contribution in [-0.4, -0.2) is 33.9 Å². The van der Waals surface area contributed by atoms with E-state index >= 15 is 0 Å². The van der Waals surface area contributed by atoms with Gasteiger partial charge in [-0.2, -0.15) is 0 Å². The van der Waals surface area contributed by atoms with Gasteiger partial charge in [-0.05, 0) is 52.1 Å². The SMILES string of the molecule is O=C(O)c1ccc(SC[C@H]2C[C@@H](c3ccc(CO)cc3)O[C@@H](c3ccc(-c4ccccc4CNC(=O)c4c(F)c(F)c(F)c(F)c4F)cc3)O2)cc1. The number of hydrogen-bond donors (Lipinski definition) is 3. The molecule has 13 heteroatoms. The van der Waals surface area contributed by atoms with Gasteiger partial charge in [0, 0.05) is 29.2 Å². The fourth-order valence-corrected chi connectivity index (χ4v) is 6.67. The van der Waals surface area contributed by atoms with E-state index in [4.69, 9.17) is 9.47 Å².